The van der Waals surface area contributed by atoms with Crippen molar-refractivity contribution in [2.24, 2.45) is 0 Å². The molecule has 1 aromatic heterocycles. The quantitative estimate of drug-likeness (QED) is 0.771. The fraction of sp³-hybridized carbons (Fsp3) is 0.688. The maximum Gasteiger partial charge on any atom is 0.235 e. The molecule has 0 aliphatic carbocycles. The molecule has 1 aliphatic rings. The zero-order valence-corrected chi connectivity index (χ0v) is 14.3. The number of amides is 1. The number of carbonyl (C=O) groups is 1. The number of aromatic nitrogens is 2. The predicted octanol–water partition coefficient (Wildman–Crippen LogP) is 2.11. The summed E-state index contributed by atoms with van der Waals surface area (Å²) < 4.78 is 12.6. The molecule has 0 N–H and O–H groups in total. The first kappa shape index (κ1) is 17.1. The van der Waals surface area contributed by atoms with Gasteiger partial charge < -0.3 is 4.90 Å². The van der Waals surface area contributed by atoms with Crippen LogP contribution in [0.2, 0.25) is 0 Å². The first-order valence-electron chi connectivity index (χ1n) is 8.16. The van der Waals surface area contributed by atoms with Crippen molar-refractivity contribution in [3.05, 3.63) is 17.6 Å². The lowest BCUT2D eigenvalue weighted by Gasteiger charge is -2.15. The van der Waals surface area contributed by atoms with Crippen molar-refractivity contribution < 1.29 is 9.00 Å². The normalized spacial score (nSPS) is 16.0. The first-order valence-corrected chi connectivity index (χ1v) is 9.48. The molecule has 1 saturated heterocycles. The highest BCUT2D eigenvalue weighted by molar-refractivity contribution is 7.85. The maximum absolute atomic E-state index is 12.6. The SMILES string of the molecule is CCCc1cnc(CCC)c(S(=O)CC(=O)N2CCCC2)n1. The van der Waals surface area contributed by atoms with Gasteiger partial charge in [-0.1, -0.05) is 26.7 Å². The molecule has 122 valence electrons. The zero-order chi connectivity index (χ0) is 15.9. The van der Waals surface area contributed by atoms with Crippen LogP contribution in [0.1, 0.15) is 50.9 Å². The fourth-order valence-corrected chi connectivity index (χ4v) is 3.82. The minimum Gasteiger partial charge on any atom is -0.342 e. The Morgan fingerprint density at radius 2 is 1.91 bits per heavy atom. The van der Waals surface area contributed by atoms with Crippen LogP contribution in [0.25, 0.3) is 0 Å². The molecule has 2 rings (SSSR count). The van der Waals surface area contributed by atoms with Gasteiger partial charge in [-0.05, 0) is 25.7 Å². The van der Waals surface area contributed by atoms with Crippen molar-refractivity contribution >= 4 is 16.7 Å². The molecule has 5 nitrogen and oxygen atoms in total. The van der Waals surface area contributed by atoms with E-state index >= 15 is 0 Å². The molecular formula is C16H25N3O2S. The van der Waals surface area contributed by atoms with Gasteiger partial charge in [-0.15, -0.1) is 0 Å². The highest BCUT2D eigenvalue weighted by Crippen LogP contribution is 2.15. The zero-order valence-electron chi connectivity index (χ0n) is 13.5. The number of likely N-dealkylation sites (tertiary alicyclic amines) is 1. The molecule has 1 unspecified atom stereocenters. The van der Waals surface area contributed by atoms with Gasteiger partial charge in [0, 0.05) is 19.3 Å². The van der Waals surface area contributed by atoms with E-state index in [0.717, 1.165) is 63.0 Å². The van der Waals surface area contributed by atoms with E-state index in [1.54, 1.807) is 11.1 Å². The highest BCUT2D eigenvalue weighted by atomic mass is 32.2. The van der Waals surface area contributed by atoms with Gasteiger partial charge in [0.15, 0.2) is 0 Å². The Morgan fingerprint density at radius 1 is 1.23 bits per heavy atom. The average Bonchev–Trinajstić information content (AvgIpc) is 3.03. The number of nitrogens with zero attached hydrogens (tertiary/aromatic N) is 3. The smallest absolute Gasteiger partial charge is 0.235 e. The summed E-state index contributed by atoms with van der Waals surface area (Å²) in [6.07, 6.45) is 7.34. The van der Waals surface area contributed by atoms with Gasteiger partial charge in [-0.3, -0.25) is 14.0 Å². The van der Waals surface area contributed by atoms with E-state index in [1.165, 1.54) is 0 Å². The van der Waals surface area contributed by atoms with Gasteiger partial charge in [-0.2, -0.15) is 0 Å². The standard InChI is InChI=1S/C16H25N3O2S/c1-3-7-13-11-17-14(8-4-2)16(18-13)22(21)12-15(20)19-9-5-6-10-19/h11H,3-10,12H2,1-2H3. The van der Waals surface area contributed by atoms with E-state index in [4.69, 9.17) is 0 Å². The minimum atomic E-state index is -1.40. The van der Waals surface area contributed by atoms with Crippen LogP contribution >= 0.6 is 0 Å². The molecule has 2 heterocycles. The topological polar surface area (TPSA) is 63.2 Å². The summed E-state index contributed by atoms with van der Waals surface area (Å²) in [5.74, 6) is 0.00187. The van der Waals surface area contributed by atoms with Crippen molar-refractivity contribution in [3.63, 3.8) is 0 Å². The number of hydrogen-bond acceptors (Lipinski definition) is 4. The average molecular weight is 323 g/mol. The number of hydrogen-bond donors (Lipinski definition) is 0. The Kier molecular flexibility index (Phi) is 6.49. The largest absolute Gasteiger partial charge is 0.342 e. The van der Waals surface area contributed by atoms with Gasteiger partial charge in [0.1, 0.15) is 10.8 Å². The summed E-state index contributed by atoms with van der Waals surface area (Å²) in [6, 6.07) is 0. The van der Waals surface area contributed by atoms with Gasteiger partial charge in [0.2, 0.25) is 5.91 Å². The Balaban J connectivity index is 2.14. The molecule has 0 saturated carbocycles. The van der Waals surface area contributed by atoms with E-state index < -0.39 is 10.8 Å². The molecule has 6 heteroatoms. The van der Waals surface area contributed by atoms with Gasteiger partial charge in [-0.25, -0.2) is 4.98 Å². The molecule has 1 aliphatic heterocycles. The van der Waals surface area contributed by atoms with Crippen molar-refractivity contribution in [1.29, 1.82) is 0 Å². The fourth-order valence-electron chi connectivity index (χ4n) is 2.64. The lowest BCUT2D eigenvalue weighted by molar-refractivity contribution is -0.127. The maximum atomic E-state index is 12.6. The van der Waals surface area contributed by atoms with Crippen LogP contribution in [-0.2, 0) is 28.4 Å². The summed E-state index contributed by atoms with van der Waals surface area (Å²) in [6.45, 7) is 5.72. The van der Waals surface area contributed by atoms with Crippen molar-refractivity contribution in [2.45, 2.75) is 57.4 Å². The summed E-state index contributed by atoms with van der Waals surface area (Å²) in [5, 5.41) is 0.514. The van der Waals surface area contributed by atoms with Crippen molar-refractivity contribution in [3.8, 4) is 0 Å². The second kappa shape index (κ2) is 8.36. The lowest BCUT2D eigenvalue weighted by Crippen LogP contribution is -2.32. The monoisotopic (exact) mass is 323 g/mol. The van der Waals surface area contributed by atoms with Crippen LogP contribution in [0.3, 0.4) is 0 Å². The Bertz CT molecular complexity index is 542. The summed E-state index contributed by atoms with van der Waals surface area (Å²) >= 11 is 0. The van der Waals surface area contributed by atoms with Gasteiger partial charge in [0.05, 0.1) is 22.2 Å². The second-order valence-corrected chi connectivity index (χ2v) is 7.06. The lowest BCUT2D eigenvalue weighted by atomic mass is 10.2. The van der Waals surface area contributed by atoms with Crippen LogP contribution in [0, 0.1) is 0 Å². The van der Waals surface area contributed by atoms with Crippen LogP contribution in [0.5, 0.6) is 0 Å². The number of carbonyl (C=O) groups excluding carboxylic acids is 1. The van der Waals surface area contributed by atoms with Gasteiger partial charge >= 0.3 is 0 Å². The Labute approximate surface area is 135 Å². The Hall–Kier alpha value is -1.30. The molecule has 22 heavy (non-hydrogen) atoms. The molecule has 1 amide bonds. The number of aryl methyl sites for hydroxylation is 2. The molecule has 0 radical (unpaired) electrons. The highest BCUT2D eigenvalue weighted by Gasteiger charge is 2.23. The molecule has 0 bridgehead atoms. The van der Waals surface area contributed by atoms with Crippen molar-refractivity contribution in [2.75, 3.05) is 18.8 Å². The Morgan fingerprint density at radius 3 is 2.55 bits per heavy atom. The van der Waals surface area contributed by atoms with Crippen LogP contribution in [0.4, 0.5) is 0 Å². The van der Waals surface area contributed by atoms with Crippen LogP contribution in [0.15, 0.2) is 11.2 Å². The third kappa shape index (κ3) is 4.35. The molecule has 1 aromatic rings. The third-order valence-electron chi connectivity index (χ3n) is 3.78. The van der Waals surface area contributed by atoms with E-state index in [9.17, 15) is 9.00 Å². The second-order valence-electron chi connectivity index (χ2n) is 5.69. The molecule has 0 aromatic carbocycles. The summed E-state index contributed by atoms with van der Waals surface area (Å²) in [5.41, 5.74) is 1.63. The summed E-state index contributed by atoms with van der Waals surface area (Å²) in [4.78, 5) is 23.0. The first-order chi connectivity index (χ1) is 10.7. The molecule has 0 spiro atoms. The number of rotatable bonds is 7. The predicted molar refractivity (Wildman–Crippen MR) is 87.1 cm³/mol. The minimum absolute atomic E-state index is 0.0269. The van der Waals surface area contributed by atoms with E-state index in [-0.39, 0.29) is 11.7 Å². The van der Waals surface area contributed by atoms with E-state index in [0.29, 0.717) is 5.03 Å². The molecular weight excluding hydrogens is 298 g/mol. The van der Waals surface area contributed by atoms with Gasteiger partial charge in [0.25, 0.3) is 0 Å². The van der Waals surface area contributed by atoms with Crippen LogP contribution in [-0.4, -0.2) is 43.8 Å². The van der Waals surface area contributed by atoms with Crippen LogP contribution < -0.4 is 0 Å². The molecule has 1 atom stereocenters. The van der Waals surface area contributed by atoms with E-state index in [2.05, 4.69) is 23.8 Å². The van der Waals surface area contributed by atoms with Crippen molar-refractivity contribution in [1.82, 2.24) is 14.9 Å². The van der Waals surface area contributed by atoms with E-state index in [1.807, 2.05) is 0 Å². The third-order valence-corrected chi connectivity index (χ3v) is 5.05. The summed E-state index contributed by atoms with van der Waals surface area (Å²) in [7, 11) is -1.40. The molecule has 1 fully saturated rings.